The number of sulfonamides is 1. The standard InChI is InChI=1S/C21H26F3N3O5S3/c1-2-15(14-33-17-5-3-4-16(12-17)27-8-10-32-11-9-27)26-19-7-6-18(35(25,30)31)13-20(19)34(28,29)21(22,23)24/h3-7,12-13,15,26H,2,8-11,14H2,1H3,(H2,25,30,31)/t15-/m1/s1. The van der Waals surface area contributed by atoms with Crippen molar-refractivity contribution >= 4 is 43.0 Å². The van der Waals surface area contributed by atoms with Crippen LogP contribution in [0.3, 0.4) is 0 Å². The summed E-state index contributed by atoms with van der Waals surface area (Å²) in [5.74, 6) is 0.422. The summed E-state index contributed by atoms with van der Waals surface area (Å²) in [7, 11) is -10.3. The van der Waals surface area contributed by atoms with Gasteiger partial charge in [0.05, 0.1) is 23.8 Å². The Morgan fingerprint density at radius 3 is 2.40 bits per heavy atom. The molecule has 1 heterocycles. The molecule has 3 rings (SSSR count). The third-order valence-electron chi connectivity index (χ3n) is 5.37. The number of hydrogen-bond donors (Lipinski definition) is 2. The molecule has 0 aliphatic carbocycles. The van der Waals surface area contributed by atoms with Crippen LogP contribution in [0.4, 0.5) is 24.5 Å². The molecule has 1 aliphatic heterocycles. The molecule has 1 saturated heterocycles. The number of rotatable bonds is 9. The summed E-state index contributed by atoms with van der Waals surface area (Å²) < 4.78 is 92.8. The summed E-state index contributed by atoms with van der Waals surface area (Å²) >= 11 is 1.47. The monoisotopic (exact) mass is 553 g/mol. The molecule has 2 aromatic rings. The van der Waals surface area contributed by atoms with Crippen LogP contribution in [0.15, 0.2) is 57.2 Å². The highest BCUT2D eigenvalue weighted by atomic mass is 32.2. The lowest BCUT2D eigenvalue weighted by molar-refractivity contribution is -0.0435. The summed E-state index contributed by atoms with van der Waals surface area (Å²) in [5, 5.41) is 7.84. The Labute approximate surface area is 207 Å². The summed E-state index contributed by atoms with van der Waals surface area (Å²) in [6.45, 7) is 4.65. The van der Waals surface area contributed by atoms with Gasteiger partial charge in [0.2, 0.25) is 10.0 Å². The summed E-state index contributed by atoms with van der Waals surface area (Å²) in [4.78, 5) is 1.23. The van der Waals surface area contributed by atoms with E-state index < -0.39 is 41.2 Å². The highest BCUT2D eigenvalue weighted by Crippen LogP contribution is 2.36. The zero-order valence-corrected chi connectivity index (χ0v) is 21.2. The lowest BCUT2D eigenvalue weighted by atomic mass is 10.2. The van der Waals surface area contributed by atoms with Gasteiger partial charge in [-0.25, -0.2) is 22.0 Å². The Morgan fingerprint density at radius 2 is 1.80 bits per heavy atom. The van der Waals surface area contributed by atoms with Crippen LogP contribution in [-0.2, 0) is 24.6 Å². The van der Waals surface area contributed by atoms with E-state index in [-0.39, 0.29) is 5.69 Å². The second kappa shape index (κ2) is 10.9. The first-order valence-corrected chi connectivity index (χ1v) is 14.6. The number of halogens is 3. The number of thioether (sulfide) groups is 1. The smallest absolute Gasteiger partial charge is 0.380 e. The SMILES string of the molecule is CC[C@H](CSc1cccc(N2CCOCC2)c1)Nc1ccc(S(N)(=O)=O)cc1S(=O)(=O)C(F)(F)F. The van der Waals surface area contributed by atoms with Crippen molar-refractivity contribution in [2.75, 3.05) is 42.3 Å². The van der Waals surface area contributed by atoms with Crippen molar-refractivity contribution in [2.24, 2.45) is 5.14 Å². The maximum atomic E-state index is 13.3. The van der Waals surface area contributed by atoms with Gasteiger partial charge in [0.15, 0.2) is 0 Å². The molecule has 0 bridgehead atoms. The van der Waals surface area contributed by atoms with Crippen molar-refractivity contribution < 1.29 is 34.7 Å². The number of nitrogens with two attached hydrogens (primary N) is 1. The molecule has 0 radical (unpaired) electrons. The Bertz CT molecular complexity index is 1250. The molecule has 8 nitrogen and oxygen atoms in total. The van der Waals surface area contributed by atoms with Crippen LogP contribution in [-0.4, -0.2) is 60.4 Å². The number of nitrogens with zero attached hydrogens (tertiary/aromatic N) is 1. The van der Waals surface area contributed by atoms with Gasteiger partial charge in [-0.2, -0.15) is 13.2 Å². The van der Waals surface area contributed by atoms with Crippen molar-refractivity contribution in [1.29, 1.82) is 0 Å². The molecule has 0 unspecified atom stereocenters. The van der Waals surface area contributed by atoms with Gasteiger partial charge in [-0.1, -0.05) is 13.0 Å². The Kier molecular flexibility index (Phi) is 8.63. The van der Waals surface area contributed by atoms with Gasteiger partial charge in [-0.3, -0.25) is 0 Å². The Hall–Kier alpha value is -2.00. The van der Waals surface area contributed by atoms with Crippen LogP contribution >= 0.6 is 11.8 Å². The van der Waals surface area contributed by atoms with E-state index in [9.17, 15) is 30.0 Å². The van der Waals surface area contributed by atoms with Crippen LogP contribution in [0.5, 0.6) is 0 Å². The predicted molar refractivity (Wildman–Crippen MR) is 129 cm³/mol. The van der Waals surface area contributed by atoms with Crippen molar-refractivity contribution in [3.05, 3.63) is 42.5 Å². The number of benzene rings is 2. The fourth-order valence-corrected chi connectivity index (χ4v) is 6.07. The largest absolute Gasteiger partial charge is 0.501 e. The molecule has 0 saturated carbocycles. The molecule has 194 valence electrons. The Morgan fingerprint density at radius 1 is 1.11 bits per heavy atom. The molecule has 1 fully saturated rings. The van der Waals surface area contributed by atoms with Crippen molar-refractivity contribution in [1.82, 2.24) is 0 Å². The van der Waals surface area contributed by atoms with Gasteiger partial charge < -0.3 is 15.0 Å². The summed E-state index contributed by atoms with van der Waals surface area (Å²) in [6.07, 6.45) is 0.471. The predicted octanol–water partition coefficient (Wildman–Crippen LogP) is 3.45. The number of sulfone groups is 1. The average Bonchev–Trinajstić information content (AvgIpc) is 2.81. The minimum Gasteiger partial charge on any atom is -0.380 e. The second-order valence-corrected chi connectivity index (χ2v) is 12.4. The van der Waals surface area contributed by atoms with E-state index >= 15 is 0 Å². The molecule has 1 aliphatic rings. The van der Waals surface area contributed by atoms with E-state index in [0.29, 0.717) is 31.5 Å². The van der Waals surface area contributed by atoms with Crippen LogP contribution in [0.25, 0.3) is 0 Å². The summed E-state index contributed by atoms with van der Waals surface area (Å²) in [6, 6.07) is 9.84. The molecule has 3 N–H and O–H groups in total. The quantitative estimate of drug-likeness (QED) is 0.454. The highest BCUT2D eigenvalue weighted by molar-refractivity contribution is 7.99. The topological polar surface area (TPSA) is 119 Å². The number of primary sulfonamides is 1. The molecular formula is C21H26F3N3O5S3. The number of nitrogens with one attached hydrogen (secondary N) is 1. The van der Waals surface area contributed by atoms with Gasteiger partial charge in [-0.15, -0.1) is 11.8 Å². The number of anilines is 2. The fourth-order valence-electron chi connectivity index (χ4n) is 3.42. The molecule has 2 aromatic carbocycles. The molecule has 1 atom stereocenters. The van der Waals surface area contributed by atoms with E-state index in [2.05, 4.69) is 10.2 Å². The normalized spacial score (nSPS) is 16.2. The van der Waals surface area contributed by atoms with E-state index in [1.165, 1.54) is 11.8 Å². The fraction of sp³-hybridized carbons (Fsp3) is 0.429. The number of alkyl halides is 3. The third kappa shape index (κ3) is 6.82. The van der Waals surface area contributed by atoms with Gasteiger partial charge in [-0.05, 0) is 42.8 Å². The number of ether oxygens (including phenoxy) is 1. The minimum atomic E-state index is -5.83. The van der Waals surface area contributed by atoms with Crippen LogP contribution in [0.2, 0.25) is 0 Å². The van der Waals surface area contributed by atoms with Gasteiger partial charge in [0.25, 0.3) is 9.84 Å². The van der Waals surface area contributed by atoms with Crippen molar-refractivity contribution in [2.45, 2.75) is 39.6 Å². The van der Waals surface area contributed by atoms with E-state index in [1.54, 1.807) is 6.92 Å². The number of morpholine rings is 1. The zero-order valence-electron chi connectivity index (χ0n) is 18.8. The minimum absolute atomic E-state index is 0.343. The third-order valence-corrected chi connectivity index (χ3v) is 8.97. The first kappa shape index (κ1) is 27.6. The highest BCUT2D eigenvalue weighted by Gasteiger charge is 2.48. The second-order valence-electron chi connectivity index (χ2n) is 7.81. The molecular weight excluding hydrogens is 527 g/mol. The van der Waals surface area contributed by atoms with E-state index in [0.717, 1.165) is 35.8 Å². The van der Waals surface area contributed by atoms with Gasteiger partial charge in [0.1, 0.15) is 4.90 Å². The molecule has 35 heavy (non-hydrogen) atoms. The molecule has 14 heteroatoms. The van der Waals surface area contributed by atoms with E-state index in [4.69, 9.17) is 9.88 Å². The van der Waals surface area contributed by atoms with E-state index in [1.807, 2.05) is 24.3 Å². The van der Waals surface area contributed by atoms with Crippen LogP contribution in [0.1, 0.15) is 13.3 Å². The first-order chi connectivity index (χ1) is 16.3. The van der Waals surface area contributed by atoms with Crippen LogP contribution in [0, 0.1) is 0 Å². The maximum absolute atomic E-state index is 13.3. The summed E-state index contributed by atoms with van der Waals surface area (Å²) in [5.41, 5.74) is -4.92. The zero-order chi connectivity index (χ0) is 25.9. The van der Waals surface area contributed by atoms with Gasteiger partial charge in [0, 0.05) is 35.5 Å². The molecule has 0 spiro atoms. The van der Waals surface area contributed by atoms with Crippen molar-refractivity contribution in [3.63, 3.8) is 0 Å². The molecule has 0 amide bonds. The van der Waals surface area contributed by atoms with Crippen LogP contribution < -0.4 is 15.4 Å². The first-order valence-electron chi connectivity index (χ1n) is 10.6. The Balaban J connectivity index is 1.82. The average molecular weight is 554 g/mol. The molecule has 0 aromatic heterocycles. The lowest BCUT2D eigenvalue weighted by Crippen LogP contribution is -2.36. The van der Waals surface area contributed by atoms with Crippen molar-refractivity contribution in [3.8, 4) is 0 Å². The lowest BCUT2D eigenvalue weighted by Gasteiger charge is -2.29. The number of hydrogen-bond acceptors (Lipinski definition) is 8. The van der Waals surface area contributed by atoms with Gasteiger partial charge >= 0.3 is 5.51 Å². The maximum Gasteiger partial charge on any atom is 0.501 e.